The highest BCUT2D eigenvalue weighted by Gasteiger charge is 2.12. The maximum atomic E-state index is 5.67. The number of methoxy groups -OCH3 is 2. The van der Waals surface area contributed by atoms with E-state index < -0.39 is 0 Å². The second-order valence-corrected chi connectivity index (χ2v) is 4.46. The zero-order chi connectivity index (χ0) is 13.5. The van der Waals surface area contributed by atoms with Crippen molar-refractivity contribution in [2.75, 3.05) is 44.5 Å². The third-order valence-electron chi connectivity index (χ3n) is 2.39. The molecule has 18 heavy (non-hydrogen) atoms. The van der Waals surface area contributed by atoms with E-state index in [9.17, 15) is 0 Å². The molecule has 1 aromatic rings. The van der Waals surface area contributed by atoms with Crippen molar-refractivity contribution in [3.63, 3.8) is 0 Å². The molecule has 6 heteroatoms. The average Bonchev–Trinajstić information content (AvgIpc) is 2.33. The highest BCUT2D eigenvalue weighted by atomic mass is 16.5. The van der Waals surface area contributed by atoms with E-state index in [0.717, 1.165) is 18.9 Å². The fraction of sp³-hybridized carbons (Fsp3) is 0.667. The Bertz CT molecular complexity index is 371. The zero-order valence-electron chi connectivity index (χ0n) is 11.5. The summed E-state index contributed by atoms with van der Waals surface area (Å²) in [5, 5.41) is 0. The van der Waals surface area contributed by atoms with Crippen LogP contribution in [0.2, 0.25) is 0 Å². The highest BCUT2D eigenvalue weighted by Crippen LogP contribution is 2.19. The van der Waals surface area contributed by atoms with Gasteiger partial charge in [-0.2, -0.15) is 9.97 Å². The second kappa shape index (κ2) is 7.00. The summed E-state index contributed by atoms with van der Waals surface area (Å²) in [5.74, 6) is 1.98. The standard InChI is InChI=1S/C12H22N4O2/c1-9(2)8-16(5-6-17-3)10-7-11(18-4)15-12(13)14-10/h7,9H,5-6,8H2,1-4H3,(H2,13,14,15). The van der Waals surface area contributed by atoms with Crippen LogP contribution < -0.4 is 15.4 Å². The molecule has 0 unspecified atom stereocenters. The fourth-order valence-electron chi connectivity index (χ4n) is 1.64. The van der Waals surface area contributed by atoms with Gasteiger partial charge in [0, 0.05) is 26.3 Å². The normalized spacial score (nSPS) is 10.7. The quantitative estimate of drug-likeness (QED) is 0.787. The van der Waals surface area contributed by atoms with E-state index in [4.69, 9.17) is 15.2 Å². The van der Waals surface area contributed by atoms with Gasteiger partial charge < -0.3 is 20.1 Å². The van der Waals surface area contributed by atoms with Crippen LogP contribution in [0.4, 0.5) is 11.8 Å². The Balaban J connectivity index is 2.91. The van der Waals surface area contributed by atoms with E-state index in [1.165, 1.54) is 0 Å². The maximum absolute atomic E-state index is 5.67. The summed E-state index contributed by atoms with van der Waals surface area (Å²) in [7, 11) is 3.25. The number of nitrogen functional groups attached to an aromatic ring is 1. The molecule has 2 N–H and O–H groups in total. The lowest BCUT2D eigenvalue weighted by atomic mass is 10.2. The van der Waals surface area contributed by atoms with Crippen molar-refractivity contribution in [1.82, 2.24) is 9.97 Å². The van der Waals surface area contributed by atoms with Crippen LogP contribution in [0.15, 0.2) is 6.07 Å². The monoisotopic (exact) mass is 254 g/mol. The summed E-state index contributed by atoms with van der Waals surface area (Å²) in [4.78, 5) is 10.3. The Labute approximate surface area is 108 Å². The number of rotatable bonds is 7. The summed E-state index contributed by atoms with van der Waals surface area (Å²) in [6.45, 7) is 6.58. The van der Waals surface area contributed by atoms with Gasteiger partial charge >= 0.3 is 0 Å². The molecule has 0 radical (unpaired) electrons. The maximum Gasteiger partial charge on any atom is 0.225 e. The third kappa shape index (κ3) is 4.37. The molecule has 1 heterocycles. The van der Waals surface area contributed by atoms with Gasteiger partial charge in [0.2, 0.25) is 11.8 Å². The number of ether oxygens (including phenoxy) is 2. The van der Waals surface area contributed by atoms with Crippen LogP contribution in [-0.2, 0) is 4.74 Å². The van der Waals surface area contributed by atoms with Gasteiger partial charge in [0.25, 0.3) is 0 Å². The van der Waals surface area contributed by atoms with Gasteiger partial charge in [0.05, 0.1) is 13.7 Å². The molecule has 1 aromatic heterocycles. The Kier molecular flexibility index (Phi) is 5.64. The van der Waals surface area contributed by atoms with Crippen LogP contribution in [0.5, 0.6) is 5.88 Å². The Morgan fingerprint density at radius 1 is 1.33 bits per heavy atom. The Hall–Kier alpha value is -1.56. The van der Waals surface area contributed by atoms with Crippen molar-refractivity contribution in [3.8, 4) is 5.88 Å². The van der Waals surface area contributed by atoms with Crippen molar-refractivity contribution in [3.05, 3.63) is 6.07 Å². The summed E-state index contributed by atoms with van der Waals surface area (Å²) < 4.78 is 10.2. The largest absolute Gasteiger partial charge is 0.481 e. The van der Waals surface area contributed by atoms with E-state index in [0.29, 0.717) is 18.4 Å². The van der Waals surface area contributed by atoms with Gasteiger partial charge in [-0.15, -0.1) is 0 Å². The molecule has 1 rings (SSSR count). The van der Waals surface area contributed by atoms with E-state index >= 15 is 0 Å². The van der Waals surface area contributed by atoms with Gasteiger partial charge in [0.15, 0.2) is 0 Å². The molecule has 0 saturated heterocycles. The number of hydrogen-bond acceptors (Lipinski definition) is 6. The molecule has 0 fully saturated rings. The molecule has 0 aliphatic heterocycles. The molecule has 6 nitrogen and oxygen atoms in total. The van der Waals surface area contributed by atoms with Crippen molar-refractivity contribution in [2.24, 2.45) is 5.92 Å². The molecule has 0 aliphatic rings. The van der Waals surface area contributed by atoms with Gasteiger partial charge in [-0.3, -0.25) is 0 Å². The number of aromatic nitrogens is 2. The summed E-state index contributed by atoms with van der Waals surface area (Å²) in [6, 6.07) is 1.79. The van der Waals surface area contributed by atoms with Crippen LogP contribution in [0, 0.1) is 5.92 Å². The van der Waals surface area contributed by atoms with Gasteiger partial charge in [0.1, 0.15) is 5.82 Å². The first-order valence-corrected chi connectivity index (χ1v) is 5.99. The first kappa shape index (κ1) is 14.5. The lowest BCUT2D eigenvalue weighted by molar-refractivity contribution is 0.204. The summed E-state index contributed by atoms with van der Waals surface area (Å²) in [5.41, 5.74) is 5.67. The van der Waals surface area contributed by atoms with Crippen molar-refractivity contribution in [2.45, 2.75) is 13.8 Å². The zero-order valence-corrected chi connectivity index (χ0v) is 11.5. The Morgan fingerprint density at radius 2 is 2.06 bits per heavy atom. The van der Waals surface area contributed by atoms with Crippen LogP contribution in [-0.4, -0.2) is 43.9 Å². The minimum Gasteiger partial charge on any atom is -0.481 e. The molecule has 0 atom stereocenters. The fourth-order valence-corrected chi connectivity index (χ4v) is 1.64. The van der Waals surface area contributed by atoms with E-state index in [-0.39, 0.29) is 5.95 Å². The molecule has 0 spiro atoms. The van der Waals surface area contributed by atoms with Crippen LogP contribution in [0.25, 0.3) is 0 Å². The summed E-state index contributed by atoms with van der Waals surface area (Å²) in [6.07, 6.45) is 0. The molecule has 102 valence electrons. The second-order valence-electron chi connectivity index (χ2n) is 4.46. The van der Waals surface area contributed by atoms with E-state index in [1.807, 2.05) is 0 Å². The van der Waals surface area contributed by atoms with Crippen molar-refractivity contribution in [1.29, 1.82) is 0 Å². The minimum atomic E-state index is 0.218. The van der Waals surface area contributed by atoms with Gasteiger partial charge in [-0.25, -0.2) is 0 Å². The first-order valence-electron chi connectivity index (χ1n) is 5.99. The van der Waals surface area contributed by atoms with E-state index in [1.54, 1.807) is 20.3 Å². The smallest absolute Gasteiger partial charge is 0.225 e. The van der Waals surface area contributed by atoms with Crippen molar-refractivity contribution < 1.29 is 9.47 Å². The van der Waals surface area contributed by atoms with Crippen LogP contribution >= 0.6 is 0 Å². The SMILES string of the molecule is COCCN(CC(C)C)c1cc(OC)nc(N)n1. The average molecular weight is 254 g/mol. The number of nitrogens with zero attached hydrogens (tertiary/aromatic N) is 3. The molecular formula is C12H22N4O2. The number of anilines is 2. The van der Waals surface area contributed by atoms with Gasteiger partial charge in [-0.05, 0) is 5.92 Å². The molecule has 0 amide bonds. The van der Waals surface area contributed by atoms with E-state index in [2.05, 4.69) is 28.7 Å². The van der Waals surface area contributed by atoms with Crippen LogP contribution in [0.1, 0.15) is 13.8 Å². The van der Waals surface area contributed by atoms with Crippen LogP contribution in [0.3, 0.4) is 0 Å². The van der Waals surface area contributed by atoms with Crippen molar-refractivity contribution >= 4 is 11.8 Å². The Morgan fingerprint density at radius 3 is 2.61 bits per heavy atom. The molecule has 0 aromatic carbocycles. The molecule has 0 aliphatic carbocycles. The highest BCUT2D eigenvalue weighted by molar-refractivity contribution is 5.45. The minimum absolute atomic E-state index is 0.218. The number of nitrogens with two attached hydrogens (primary N) is 1. The molecule has 0 saturated carbocycles. The summed E-state index contributed by atoms with van der Waals surface area (Å²) >= 11 is 0. The molecular weight excluding hydrogens is 232 g/mol. The predicted octanol–water partition coefficient (Wildman–Crippen LogP) is 1.18. The lowest BCUT2D eigenvalue weighted by Crippen LogP contribution is -2.32. The molecule has 0 bridgehead atoms. The predicted molar refractivity (Wildman–Crippen MR) is 71.9 cm³/mol. The lowest BCUT2D eigenvalue weighted by Gasteiger charge is -2.25. The number of hydrogen-bond donors (Lipinski definition) is 1. The first-order chi connectivity index (χ1) is 8.56. The third-order valence-corrected chi connectivity index (χ3v) is 2.39. The van der Waals surface area contributed by atoms with Gasteiger partial charge in [-0.1, -0.05) is 13.8 Å². The topological polar surface area (TPSA) is 73.5 Å².